The number of benzene rings is 3. The zero-order valence-electron chi connectivity index (χ0n) is 20.0. The summed E-state index contributed by atoms with van der Waals surface area (Å²) in [5.74, 6) is -0.725. The van der Waals surface area contributed by atoms with Gasteiger partial charge in [0.2, 0.25) is 5.91 Å². The van der Waals surface area contributed by atoms with Crippen LogP contribution >= 0.6 is 0 Å². The van der Waals surface area contributed by atoms with Crippen LogP contribution in [0.4, 0.5) is 22.7 Å². The number of pyridine rings is 1. The predicted octanol–water partition coefficient (Wildman–Crippen LogP) is 3.62. The lowest BCUT2D eigenvalue weighted by Crippen LogP contribution is -2.38. The van der Waals surface area contributed by atoms with Crippen LogP contribution < -0.4 is 14.3 Å². The molecule has 39 heavy (non-hydrogen) atoms. The van der Waals surface area contributed by atoms with Gasteiger partial charge in [0.1, 0.15) is 6.54 Å². The minimum absolute atomic E-state index is 0.0440. The molecule has 0 aliphatic carbocycles. The average Bonchev–Trinajstić information content (AvgIpc) is 2.93. The summed E-state index contributed by atoms with van der Waals surface area (Å²) in [5, 5.41) is 13.6. The number of nitrogens with one attached hydrogen (secondary N) is 2. The summed E-state index contributed by atoms with van der Waals surface area (Å²) in [6, 6.07) is 20.6. The number of hydrogen-bond donors (Lipinski definition) is 2. The van der Waals surface area contributed by atoms with E-state index < -0.39 is 37.4 Å². The van der Waals surface area contributed by atoms with E-state index in [0.29, 0.717) is 0 Å². The minimum atomic E-state index is -4.22. The van der Waals surface area contributed by atoms with Gasteiger partial charge in [0.15, 0.2) is 0 Å². The fourth-order valence-corrected chi connectivity index (χ4v) is 5.95. The number of hydrogen-bond acceptors (Lipinski definition) is 8. The van der Waals surface area contributed by atoms with E-state index in [0.717, 1.165) is 16.4 Å². The molecule has 0 unspecified atom stereocenters. The lowest BCUT2D eigenvalue weighted by Gasteiger charge is -2.24. The van der Waals surface area contributed by atoms with E-state index >= 15 is 0 Å². The summed E-state index contributed by atoms with van der Waals surface area (Å²) in [6.07, 6.45) is 2.86. The number of carbonyl (C=O) groups is 1. The summed E-state index contributed by atoms with van der Waals surface area (Å²) >= 11 is 0. The molecule has 1 amide bonds. The molecule has 0 saturated carbocycles. The first-order valence-corrected chi connectivity index (χ1v) is 14.1. The highest BCUT2D eigenvalue weighted by atomic mass is 32.2. The Morgan fingerprint density at radius 2 is 1.49 bits per heavy atom. The minimum Gasteiger partial charge on any atom is -0.325 e. The van der Waals surface area contributed by atoms with Crippen molar-refractivity contribution in [2.75, 3.05) is 20.9 Å². The van der Waals surface area contributed by atoms with Gasteiger partial charge in [-0.3, -0.25) is 28.9 Å². The molecule has 0 aliphatic rings. The summed E-state index contributed by atoms with van der Waals surface area (Å²) in [5.41, 5.74) is 0.303. The molecule has 0 atom stereocenters. The number of rotatable bonds is 10. The maximum absolute atomic E-state index is 13.4. The fraction of sp³-hybridized carbons (Fsp3) is 0.0400. The number of nitro benzene ring substituents is 1. The third-order valence-corrected chi connectivity index (χ3v) is 8.51. The van der Waals surface area contributed by atoms with Gasteiger partial charge in [-0.05, 0) is 60.7 Å². The van der Waals surface area contributed by atoms with Crippen molar-refractivity contribution in [3.63, 3.8) is 0 Å². The van der Waals surface area contributed by atoms with Crippen molar-refractivity contribution in [3.05, 3.63) is 114 Å². The zero-order chi connectivity index (χ0) is 28.0. The fourth-order valence-electron chi connectivity index (χ4n) is 3.46. The number of sulfonamides is 2. The molecule has 1 aromatic heterocycles. The SMILES string of the molecule is O=C(CN(c1ccc([N+](=O)[O-])cc1)S(=O)(=O)c1ccccc1)Nc1ccc(S(=O)(=O)Nc2cccnc2)cc1. The lowest BCUT2D eigenvalue weighted by molar-refractivity contribution is -0.384. The van der Waals surface area contributed by atoms with Crippen molar-refractivity contribution in [2.24, 2.45) is 0 Å². The molecule has 12 nitrogen and oxygen atoms in total. The monoisotopic (exact) mass is 567 g/mol. The second-order valence-electron chi connectivity index (χ2n) is 8.02. The predicted molar refractivity (Wildman–Crippen MR) is 144 cm³/mol. The molecule has 0 spiro atoms. The van der Waals surface area contributed by atoms with Gasteiger partial charge in [-0.15, -0.1) is 0 Å². The van der Waals surface area contributed by atoms with Crippen LogP contribution in [0.5, 0.6) is 0 Å². The molecule has 1 heterocycles. The van der Waals surface area contributed by atoms with Gasteiger partial charge in [0.05, 0.1) is 32.3 Å². The normalized spacial score (nSPS) is 11.4. The van der Waals surface area contributed by atoms with Gasteiger partial charge in [0, 0.05) is 24.0 Å². The number of nitro groups is 1. The topological polar surface area (TPSA) is 169 Å². The molecular weight excluding hydrogens is 546 g/mol. The van der Waals surface area contributed by atoms with Crippen molar-refractivity contribution in [1.82, 2.24) is 4.98 Å². The van der Waals surface area contributed by atoms with Crippen molar-refractivity contribution < 1.29 is 26.6 Å². The molecule has 3 aromatic carbocycles. The van der Waals surface area contributed by atoms with E-state index in [2.05, 4.69) is 15.0 Å². The molecule has 4 aromatic rings. The highest BCUT2D eigenvalue weighted by Crippen LogP contribution is 2.26. The summed E-state index contributed by atoms with van der Waals surface area (Å²) in [7, 11) is -8.13. The van der Waals surface area contributed by atoms with E-state index in [4.69, 9.17) is 0 Å². The number of aromatic nitrogens is 1. The third-order valence-electron chi connectivity index (χ3n) is 5.33. The maximum Gasteiger partial charge on any atom is 0.269 e. The van der Waals surface area contributed by atoms with Crippen LogP contribution in [0.15, 0.2) is 113 Å². The second kappa shape index (κ2) is 11.3. The van der Waals surface area contributed by atoms with Crippen LogP contribution in [0.3, 0.4) is 0 Å². The first-order valence-electron chi connectivity index (χ1n) is 11.2. The van der Waals surface area contributed by atoms with Crippen LogP contribution in [0, 0.1) is 10.1 Å². The van der Waals surface area contributed by atoms with Gasteiger partial charge in [-0.2, -0.15) is 0 Å². The molecule has 14 heteroatoms. The van der Waals surface area contributed by atoms with Crippen molar-refractivity contribution >= 4 is 48.7 Å². The zero-order valence-corrected chi connectivity index (χ0v) is 21.7. The molecule has 0 fully saturated rings. The van der Waals surface area contributed by atoms with Crippen LogP contribution in [0.25, 0.3) is 0 Å². The van der Waals surface area contributed by atoms with Crippen molar-refractivity contribution in [2.45, 2.75) is 9.79 Å². The van der Waals surface area contributed by atoms with Crippen LogP contribution in [0.2, 0.25) is 0 Å². The smallest absolute Gasteiger partial charge is 0.269 e. The Kier molecular flexibility index (Phi) is 7.88. The van der Waals surface area contributed by atoms with Crippen molar-refractivity contribution in [1.29, 1.82) is 0 Å². The Morgan fingerprint density at radius 1 is 0.821 bits per heavy atom. The standard InChI is InChI=1S/C25H21N5O7S2/c31-25(27-19-8-14-23(15-9-19)38(34,35)28-20-5-4-16-26-17-20)18-29(21-10-12-22(13-11-21)30(32)33)39(36,37)24-6-2-1-3-7-24/h1-17,28H,18H2,(H,27,31). The number of amides is 1. The highest BCUT2D eigenvalue weighted by molar-refractivity contribution is 7.93. The van der Waals surface area contributed by atoms with Crippen LogP contribution in [-0.4, -0.2) is 39.2 Å². The van der Waals surface area contributed by atoms with Gasteiger partial charge < -0.3 is 5.32 Å². The van der Waals surface area contributed by atoms with Gasteiger partial charge in [-0.1, -0.05) is 18.2 Å². The summed E-state index contributed by atoms with van der Waals surface area (Å²) in [4.78, 5) is 27.0. The first-order chi connectivity index (χ1) is 18.6. The van der Waals surface area contributed by atoms with Gasteiger partial charge >= 0.3 is 0 Å². The Labute approximate surface area is 224 Å². The van der Waals surface area contributed by atoms with Crippen LogP contribution in [0.1, 0.15) is 0 Å². The number of non-ortho nitro benzene ring substituents is 1. The van der Waals surface area contributed by atoms with Crippen LogP contribution in [-0.2, 0) is 24.8 Å². The van der Waals surface area contributed by atoms with E-state index in [1.54, 1.807) is 18.2 Å². The number of nitrogens with zero attached hydrogens (tertiary/aromatic N) is 3. The van der Waals surface area contributed by atoms with Gasteiger partial charge in [0.25, 0.3) is 25.7 Å². The summed E-state index contributed by atoms with van der Waals surface area (Å²) in [6.45, 7) is -0.655. The third kappa shape index (κ3) is 6.55. The van der Waals surface area contributed by atoms with E-state index in [1.165, 1.54) is 73.1 Å². The molecule has 0 bridgehead atoms. The molecule has 0 saturated heterocycles. The lowest BCUT2D eigenvalue weighted by atomic mass is 10.3. The first kappa shape index (κ1) is 27.2. The maximum atomic E-state index is 13.4. The molecule has 2 N–H and O–H groups in total. The largest absolute Gasteiger partial charge is 0.325 e. The highest BCUT2D eigenvalue weighted by Gasteiger charge is 2.27. The number of anilines is 3. The molecule has 0 aliphatic heterocycles. The number of carbonyl (C=O) groups excluding carboxylic acids is 1. The average molecular weight is 568 g/mol. The van der Waals surface area contributed by atoms with E-state index in [9.17, 15) is 31.7 Å². The van der Waals surface area contributed by atoms with E-state index in [1.807, 2.05) is 0 Å². The Bertz CT molecular complexity index is 1680. The quantitative estimate of drug-likeness (QED) is 0.216. The molecule has 0 radical (unpaired) electrons. The second-order valence-corrected chi connectivity index (χ2v) is 11.6. The summed E-state index contributed by atoms with van der Waals surface area (Å²) < 4.78 is 55.2. The Morgan fingerprint density at radius 3 is 2.08 bits per heavy atom. The van der Waals surface area contributed by atoms with E-state index in [-0.39, 0.29) is 32.5 Å². The molecule has 200 valence electrons. The molecular formula is C25H21N5O7S2. The van der Waals surface area contributed by atoms with Gasteiger partial charge in [-0.25, -0.2) is 16.8 Å². The Balaban J connectivity index is 1.54. The Hall–Kier alpha value is -4.82. The molecule has 4 rings (SSSR count). The van der Waals surface area contributed by atoms with Crippen molar-refractivity contribution in [3.8, 4) is 0 Å².